The molecule has 1 saturated heterocycles. The third kappa shape index (κ3) is 9.09. The molecule has 0 radical (unpaired) electrons. The van der Waals surface area contributed by atoms with Crippen LogP contribution in [0.25, 0.3) is 43.2 Å². The zero-order valence-corrected chi connectivity index (χ0v) is 35.9. The second-order valence-electron chi connectivity index (χ2n) is 15.5. The minimum absolute atomic E-state index is 0.00411. The van der Waals surface area contributed by atoms with E-state index >= 15 is 0 Å². The van der Waals surface area contributed by atoms with E-state index in [2.05, 4.69) is 36.8 Å². The van der Waals surface area contributed by atoms with Gasteiger partial charge in [0.2, 0.25) is 12.0 Å². The van der Waals surface area contributed by atoms with Crippen LogP contribution in [0.4, 0.5) is 4.39 Å². The molecule has 2 N–H and O–H groups in total. The first-order valence-electron chi connectivity index (χ1n) is 20.4. The molecule has 0 saturated carbocycles. The van der Waals surface area contributed by atoms with Crippen molar-refractivity contribution in [2.45, 2.75) is 32.2 Å². The fourth-order valence-electron chi connectivity index (χ4n) is 7.77. The molecule has 3 aromatic heterocycles. The van der Waals surface area contributed by atoms with E-state index in [1.807, 2.05) is 19.1 Å². The highest BCUT2D eigenvalue weighted by Gasteiger charge is 2.30. The third-order valence-corrected chi connectivity index (χ3v) is 12.8. The van der Waals surface area contributed by atoms with Gasteiger partial charge in [0.15, 0.2) is 5.82 Å². The molecule has 4 aromatic carbocycles. The van der Waals surface area contributed by atoms with Crippen LogP contribution in [0.15, 0.2) is 97.5 Å². The standard InChI is InChI=1S/C47H42ClFN6O7S/c1-27-34-12-14-38(42(27)48)61-33(23-55-19-17-54(2)18-20-55)25-59-32-11-13-37(60-24-31-15-16-50-44(53-31)35-5-3-4-6-36(35)56)29(21-32)22-39(47(57)58)62-45-41-40(34)43(63-46(41)52-26-51-45)28-7-9-30(49)10-8-28/h3-16,21,26,33,39,56H,17-20,22-25H2,1-2H3,(H,57,58)/t33-,39-/m1/s1. The highest BCUT2D eigenvalue weighted by molar-refractivity contribution is 7.22. The number of carbonyl (C=O) groups is 1. The highest BCUT2D eigenvalue weighted by atomic mass is 35.5. The number of carboxylic acid groups (broad SMARTS) is 1. The molecule has 16 heteroatoms. The maximum absolute atomic E-state index is 14.3. The van der Waals surface area contributed by atoms with E-state index in [9.17, 15) is 19.4 Å². The van der Waals surface area contributed by atoms with Gasteiger partial charge in [0.1, 0.15) is 59.3 Å². The molecule has 6 heterocycles. The second kappa shape index (κ2) is 18.1. The number of phenolic OH excluding ortho intramolecular Hbond substituents is 1. The lowest BCUT2D eigenvalue weighted by Gasteiger charge is -2.34. The molecule has 2 atom stereocenters. The number of piperazine rings is 1. The number of carboxylic acids is 1. The number of rotatable bonds is 8. The fraction of sp³-hybridized carbons (Fsp3) is 0.255. The van der Waals surface area contributed by atoms with E-state index in [1.165, 1.54) is 29.8 Å². The van der Waals surface area contributed by atoms with Gasteiger partial charge in [-0.25, -0.2) is 29.1 Å². The van der Waals surface area contributed by atoms with Crippen molar-refractivity contribution in [1.82, 2.24) is 29.7 Å². The summed E-state index contributed by atoms with van der Waals surface area (Å²) in [6.45, 7) is 6.17. The minimum atomic E-state index is -1.45. The molecule has 7 aromatic rings. The van der Waals surface area contributed by atoms with Crippen LogP contribution in [-0.2, 0) is 17.8 Å². The van der Waals surface area contributed by atoms with Gasteiger partial charge in [-0.1, -0.05) is 41.9 Å². The molecule has 0 amide bonds. The van der Waals surface area contributed by atoms with Crippen molar-refractivity contribution >= 4 is 39.1 Å². The van der Waals surface area contributed by atoms with Crippen molar-refractivity contribution in [2.24, 2.45) is 0 Å². The summed E-state index contributed by atoms with van der Waals surface area (Å²) in [6.07, 6.45) is 0.867. The Morgan fingerprint density at radius 2 is 1.78 bits per heavy atom. The largest absolute Gasteiger partial charge is 0.507 e. The van der Waals surface area contributed by atoms with Crippen molar-refractivity contribution in [2.75, 3.05) is 46.4 Å². The molecule has 0 aliphatic carbocycles. The predicted molar refractivity (Wildman–Crippen MR) is 238 cm³/mol. The van der Waals surface area contributed by atoms with Crippen LogP contribution in [0.5, 0.6) is 28.9 Å². The topological polar surface area (TPSA) is 152 Å². The number of hydrogen-bond acceptors (Lipinski definition) is 13. The molecule has 322 valence electrons. The molecule has 3 aliphatic heterocycles. The molecular formula is C47H42ClFN6O7S. The average Bonchev–Trinajstić information content (AvgIpc) is 3.67. The fourth-order valence-corrected chi connectivity index (χ4v) is 9.13. The van der Waals surface area contributed by atoms with Crippen molar-refractivity contribution in [1.29, 1.82) is 0 Å². The number of thiophene rings is 1. The summed E-state index contributed by atoms with van der Waals surface area (Å²) in [7, 11) is 2.11. The van der Waals surface area contributed by atoms with E-state index < -0.39 is 18.2 Å². The molecule has 1 fully saturated rings. The molecule has 0 unspecified atom stereocenters. The number of benzene rings is 4. The summed E-state index contributed by atoms with van der Waals surface area (Å²) in [5.74, 6) is 0.123. The smallest absolute Gasteiger partial charge is 0.345 e. The van der Waals surface area contributed by atoms with Gasteiger partial charge in [0.25, 0.3) is 0 Å². The average molecular weight is 889 g/mol. The van der Waals surface area contributed by atoms with E-state index in [1.54, 1.807) is 66.9 Å². The lowest BCUT2D eigenvalue weighted by atomic mass is 9.96. The molecule has 13 nitrogen and oxygen atoms in total. The number of para-hydroxylation sites is 1. The Morgan fingerprint density at radius 3 is 2.57 bits per heavy atom. The van der Waals surface area contributed by atoms with Crippen molar-refractivity contribution in [3.63, 3.8) is 0 Å². The third-order valence-electron chi connectivity index (χ3n) is 11.2. The number of aromatic nitrogens is 4. The van der Waals surface area contributed by atoms with Crippen LogP contribution in [0.2, 0.25) is 5.02 Å². The number of aromatic hydroxyl groups is 1. The Labute approximate surface area is 371 Å². The van der Waals surface area contributed by atoms with Gasteiger partial charge in [0, 0.05) is 61.3 Å². The summed E-state index contributed by atoms with van der Waals surface area (Å²) in [5.41, 5.74) is 4.29. The SMILES string of the molecule is Cc1c2ccc(c1Cl)O[C@H](CN1CCN(C)CC1)COc1ccc(OCc3ccnc(-c4ccccc4O)n3)c(c1)C[C@H](C(=O)O)Oc1ncnc3sc(-c4ccc(F)cc4)c-2c13. The lowest BCUT2D eigenvalue weighted by Crippen LogP contribution is -2.49. The summed E-state index contributed by atoms with van der Waals surface area (Å²) in [5, 5.41) is 22.1. The Hall–Kier alpha value is -6.39. The van der Waals surface area contributed by atoms with Crippen LogP contribution in [0, 0.1) is 12.7 Å². The van der Waals surface area contributed by atoms with E-state index in [4.69, 9.17) is 30.5 Å². The van der Waals surface area contributed by atoms with Crippen molar-refractivity contribution in [3.8, 4) is 61.8 Å². The minimum Gasteiger partial charge on any atom is -0.507 e. The normalized spacial score (nSPS) is 17.1. The molecule has 3 aliphatic rings. The number of likely N-dealkylation sites (N-methyl/N-ethyl adjacent to an activating group) is 1. The molecule has 4 bridgehead atoms. The number of phenols is 1. The van der Waals surface area contributed by atoms with Gasteiger partial charge >= 0.3 is 5.97 Å². The summed E-state index contributed by atoms with van der Waals surface area (Å²) < 4.78 is 40.2. The van der Waals surface area contributed by atoms with E-state index in [0.717, 1.165) is 42.2 Å². The van der Waals surface area contributed by atoms with Gasteiger partial charge < -0.3 is 34.1 Å². The van der Waals surface area contributed by atoms with Crippen LogP contribution in [0.1, 0.15) is 16.8 Å². The van der Waals surface area contributed by atoms with Gasteiger partial charge in [-0.15, -0.1) is 11.3 Å². The Bertz CT molecular complexity index is 2800. The number of hydrogen-bond donors (Lipinski definition) is 2. The van der Waals surface area contributed by atoms with Crippen LogP contribution in [-0.4, -0.2) is 105 Å². The van der Waals surface area contributed by atoms with Crippen LogP contribution >= 0.6 is 22.9 Å². The first-order valence-corrected chi connectivity index (χ1v) is 21.6. The van der Waals surface area contributed by atoms with Gasteiger partial charge in [0.05, 0.1) is 21.7 Å². The van der Waals surface area contributed by atoms with Gasteiger partial charge in [-0.3, -0.25) is 4.90 Å². The highest BCUT2D eigenvalue weighted by Crippen LogP contribution is 2.49. The second-order valence-corrected chi connectivity index (χ2v) is 16.8. The molecule has 10 rings (SSSR count). The maximum atomic E-state index is 14.3. The van der Waals surface area contributed by atoms with Crippen LogP contribution in [0.3, 0.4) is 0 Å². The maximum Gasteiger partial charge on any atom is 0.345 e. The number of fused-ring (bicyclic) bond motifs is 7. The summed E-state index contributed by atoms with van der Waals surface area (Å²) >= 11 is 8.57. The predicted octanol–water partition coefficient (Wildman–Crippen LogP) is 8.33. The molecule has 63 heavy (non-hydrogen) atoms. The molecular weight excluding hydrogens is 847 g/mol. The van der Waals surface area contributed by atoms with Crippen LogP contribution < -0.4 is 18.9 Å². The number of halogens is 2. The van der Waals surface area contributed by atoms with E-state index in [0.29, 0.717) is 72.8 Å². The monoisotopic (exact) mass is 888 g/mol. The zero-order valence-electron chi connectivity index (χ0n) is 34.3. The van der Waals surface area contributed by atoms with E-state index in [-0.39, 0.29) is 37.1 Å². The number of nitrogens with zero attached hydrogens (tertiary/aromatic N) is 6. The Kier molecular flexibility index (Phi) is 12.1. The van der Waals surface area contributed by atoms with Gasteiger partial charge in [-0.2, -0.15) is 0 Å². The summed E-state index contributed by atoms with van der Waals surface area (Å²) in [4.78, 5) is 37.2. The van der Waals surface area contributed by atoms with Crippen molar-refractivity contribution in [3.05, 3.63) is 125 Å². The number of aliphatic carboxylic acids is 1. The molecule has 0 spiro atoms. The zero-order chi connectivity index (χ0) is 43.6. The van der Waals surface area contributed by atoms with Crippen molar-refractivity contribution < 1.29 is 38.3 Å². The quantitative estimate of drug-likeness (QED) is 0.151. The Balaban J connectivity index is 1.14. The summed E-state index contributed by atoms with van der Waals surface area (Å²) in [6, 6.07) is 23.6. The lowest BCUT2D eigenvalue weighted by molar-refractivity contribution is -0.145. The first kappa shape index (κ1) is 41.9. The Morgan fingerprint density at radius 1 is 0.968 bits per heavy atom. The van der Waals surface area contributed by atoms with Gasteiger partial charge in [-0.05, 0) is 85.3 Å². The first-order chi connectivity index (χ1) is 30.6. The number of ether oxygens (including phenoxy) is 4.